The molecule has 0 saturated heterocycles. The first-order valence-corrected chi connectivity index (χ1v) is 5.55. The molecule has 2 nitrogen and oxygen atoms in total. The van der Waals surface area contributed by atoms with E-state index in [4.69, 9.17) is 4.84 Å². The fourth-order valence-corrected chi connectivity index (χ4v) is 2.79. The van der Waals surface area contributed by atoms with Gasteiger partial charge in [0.25, 0.3) is 0 Å². The van der Waals surface area contributed by atoms with E-state index in [-0.39, 0.29) is 0 Å². The third-order valence-corrected chi connectivity index (χ3v) is 3.39. The minimum absolute atomic E-state index is 0.582. The van der Waals surface area contributed by atoms with Crippen molar-refractivity contribution in [1.82, 2.24) is 0 Å². The third kappa shape index (κ3) is 1.77. The van der Waals surface area contributed by atoms with Crippen LogP contribution in [0.3, 0.4) is 0 Å². The Bertz CT molecular complexity index is 362. The van der Waals surface area contributed by atoms with Gasteiger partial charge in [-0.3, -0.25) is 0 Å². The molecule has 2 rings (SSSR count). The van der Waals surface area contributed by atoms with Gasteiger partial charge in [0.05, 0.1) is 5.71 Å². The molecule has 1 aliphatic rings. The maximum absolute atomic E-state index is 4.87. The van der Waals surface area contributed by atoms with E-state index in [1.165, 1.54) is 10.5 Å². The second-order valence-electron chi connectivity index (χ2n) is 3.35. The van der Waals surface area contributed by atoms with E-state index < -0.39 is 0 Å². The molecular weight excluding hydrogens is 194 g/mol. The largest absolute Gasteiger partial charge is 0.399 e. The van der Waals surface area contributed by atoms with Crippen molar-refractivity contribution in [2.45, 2.75) is 23.5 Å². The zero-order valence-corrected chi connectivity index (χ0v) is 9.17. The first kappa shape index (κ1) is 9.59. The number of hydrogen-bond donors (Lipinski definition) is 0. The summed E-state index contributed by atoms with van der Waals surface area (Å²) in [6, 6.07) is 8.35. The van der Waals surface area contributed by atoms with Crippen LogP contribution in [0.4, 0.5) is 0 Å². The lowest BCUT2D eigenvalue weighted by atomic mass is 10.1. The van der Waals surface area contributed by atoms with Gasteiger partial charge < -0.3 is 4.84 Å². The molecule has 1 heterocycles. The van der Waals surface area contributed by atoms with E-state index in [0.29, 0.717) is 5.25 Å². The number of thioether (sulfide) groups is 1. The molecule has 74 valence electrons. The second kappa shape index (κ2) is 4.05. The molecule has 0 amide bonds. The maximum Gasteiger partial charge on any atom is 0.106 e. The van der Waals surface area contributed by atoms with Gasteiger partial charge in [-0.1, -0.05) is 30.3 Å². The summed E-state index contributed by atoms with van der Waals surface area (Å²) in [5, 5.41) is 4.66. The Labute approximate surface area is 88.3 Å². The van der Waals surface area contributed by atoms with Gasteiger partial charge in [0.15, 0.2) is 0 Å². The Hall–Kier alpha value is -0.960. The van der Waals surface area contributed by atoms with Crippen LogP contribution < -0.4 is 0 Å². The van der Waals surface area contributed by atoms with Crippen LogP contribution in [-0.2, 0) is 4.84 Å². The standard InChI is InChI=1S/C11H13NOS/c1-8-7-10(12-13-2)9-5-3-4-6-11(9)14-8/h3-6,8H,7H2,1-2H3/b12-10+. The summed E-state index contributed by atoms with van der Waals surface area (Å²) >= 11 is 1.91. The molecule has 3 heteroatoms. The van der Waals surface area contributed by atoms with E-state index in [0.717, 1.165) is 12.1 Å². The number of rotatable bonds is 1. The molecule has 0 bridgehead atoms. The van der Waals surface area contributed by atoms with Crippen molar-refractivity contribution in [1.29, 1.82) is 0 Å². The van der Waals surface area contributed by atoms with Gasteiger partial charge in [-0.2, -0.15) is 0 Å². The molecule has 0 saturated carbocycles. The lowest BCUT2D eigenvalue weighted by molar-refractivity contribution is 0.212. The van der Waals surface area contributed by atoms with Crippen molar-refractivity contribution >= 4 is 17.5 Å². The molecule has 0 aromatic heterocycles. The molecule has 1 aliphatic heterocycles. The summed E-state index contributed by atoms with van der Waals surface area (Å²) in [7, 11) is 1.60. The normalized spacial score (nSPS) is 23.3. The summed E-state index contributed by atoms with van der Waals surface area (Å²) in [5.74, 6) is 0. The van der Waals surface area contributed by atoms with E-state index in [2.05, 4.69) is 30.3 Å². The average molecular weight is 207 g/mol. The van der Waals surface area contributed by atoms with Crippen molar-refractivity contribution in [3.63, 3.8) is 0 Å². The molecule has 1 unspecified atom stereocenters. The summed E-state index contributed by atoms with van der Waals surface area (Å²) in [6.07, 6.45) is 0.982. The molecule has 0 aliphatic carbocycles. The first-order valence-electron chi connectivity index (χ1n) is 4.67. The topological polar surface area (TPSA) is 21.6 Å². The second-order valence-corrected chi connectivity index (χ2v) is 4.83. The quantitative estimate of drug-likeness (QED) is 0.660. The Morgan fingerprint density at radius 3 is 3.00 bits per heavy atom. The minimum atomic E-state index is 0.582. The van der Waals surface area contributed by atoms with Crippen LogP contribution in [0.25, 0.3) is 0 Å². The summed E-state index contributed by atoms with van der Waals surface area (Å²) in [6.45, 7) is 2.21. The molecule has 1 aromatic carbocycles. The molecular formula is C11H13NOS. The van der Waals surface area contributed by atoms with Crippen molar-refractivity contribution in [2.75, 3.05) is 7.11 Å². The zero-order valence-electron chi connectivity index (χ0n) is 8.36. The number of fused-ring (bicyclic) bond motifs is 1. The first-order chi connectivity index (χ1) is 6.81. The maximum atomic E-state index is 4.87. The number of benzene rings is 1. The summed E-state index contributed by atoms with van der Waals surface area (Å²) in [4.78, 5) is 6.17. The van der Waals surface area contributed by atoms with Crippen LogP contribution >= 0.6 is 11.8 Å². The van der Waals surface area contributed by atoms with Crippen LogP contribution in [0.2, 0.25) is 0 Å². The molecule has 0 radical (unpaired) electrons. The highest BCUT2D eigenvalue weighted by Gasteiger charge is 2.21. The van der Waals surface area contributed by atoms with E-state index in [1.54, 1.807) is 7.11 Å². The van der Waals surface area contributed by atoms with Crippen molar-refractivity contribution in [3.8, 4) is 0 Å². The number of hydrogen-bond acceptors (Lipinski definition) is 3. The van der Waals surface area contributed by atoms with Crippen LogP contribution in [0, 0.1) is 0 Å². The van der Waals surface area contributed by atoms with Crippen LogP contribution in [0.15, 0.2) is 34.3 Å². The third-order valence-electron chi connectivity index (χ3n) is 2.21. The fraction of sp³-hybridized carbons (Fsp3) is 0.364. The predicted molar refractivity (Wildman–Crippen MR) is 59.9 cm³/mol. The van der Waals surface area contributed by atoms with Gasteiger partial charge in [0, 0.05) is 22.1 Å². The molecule has 1 atom stereocenters. The monoisotopic (exact) mass is 207 g/mol. The summed E-state index contributed by atoms with van der Waals surface area (Å²) < 4.78 is 0. The van der Waals surface area contributed by atoms with Crippen LogP contribution in [0.5, 0.6) is 0 Å². The van der Waals surface area contributed by atoms with Gasteiger partial charge >= 0.3 is 0 Å². The predicted octanol–water partition coefficient (Wildman–Crippen LogP) is 2.92. The SMILES string of the molecule is CO/N=C1\CC(C)Sc2ccccc21. The zero-order chi connectivity index (χ0) is 9.97. The average Bonchev–Trinajstić information content (AvgIpc) is 2.18. The summed E-state index contributed by atoms with van der Waals surface area (Å²) in [5.41, 5.74) is 2.28. The van der Waals surface area contributed by atoms with Crippen molar-refractivity contribution < 1.29 is 4.84 Å². The van der Waals surface area contributed by atoms with Gasteiger partial charge in [-0.05, 0) is 6.07 Å². The molecule has 0 spiro atoms. The molecule has 14 heavy (non-hydrogen) atoms. The highest BCUT2D eigenvalue weighted by Crippen LogP contribution is 2.34. The van der Waals surface area contributed by atoms with Gasteiger partial charge in [0.2, 0.25) is 0 Å². The Kier molecular flexibility index (Phi) is 2.77. The number of oxime groups is 1. The van der Waals surface area contributed by atoms with E-state index in [9.17, 15) is 0 Å². The van der Waals surface area contributed by atoms with Crippen molar-refractivity contribution in [2.24, 2.45) is 5.16 Å². The highest BCUT2D eigenvalue weighted by molar-refractivity contribution is 8.00. The van der Waals surface area contributed by atoms with Crippen LogP contribution in [-0.4, -0.2) is 18.1 Å². The smallest absolute Gasteiger partial charge is 0.106 e. The highest BCUT2D eigenvalue weighted by atomic mass is 32.2. The number of nitrogens with zero attached hydrogens (tertiary/aromatic N) is 1. The fourth-order valence-electron chi connectivity index (χ4n) is 1.65. The lowest BCUT2D eigenvalue weighted by Gasteiger charge is -2.21. The van der Waals surface area contributed by atoms with Gasteiger partial charge in [0.1, 0.15) is 7.11 Å². The van der Waals surface area contributed by atoms with E-state index in [1.807, 2.05) is 17.8 Å². The molecule has 0 fully saturated rings. The van der Waals surface area contributed by atoms with E-state index >= 15 is 0 Å². The Morgan fingerprint density at radius 1 is 1.43 bits per heavy atom. The molecule has 0 N–H and O–H groups in total. The lowest BCUT2D eigenvalue weighted by Crippen LogP contribution is -2.15. The van der Waals surface area contributed by atoms with Crippen molar-refractivity contribution in [3.05, 3.63) is 29.8 Å². The Morgan fingerprint density at radius 2 is 2.21 bits per heavy atom. The van der Waals surface area contributed by atoms with Gasteiger partial charge in [-0.25, -0.2) is 0 Å². The van der Waals surface area contributed by atoms with Crippen LogP contribution in [0.1, 0.15) is 18.9 Å². The molecule has 1 aromatic rings. The minimum Gasteiger partial charge on any atom is -0.399 e. The Balaban J connectivity index is 2.43. The van der Waals surface area contributed by atoms with Gasteiger partial charge in [-0.15, -0.1) is 11.8 Å².